The number of rotatable bonds is 6. The van der Waals surface area contributed by atoms with Gasteiger partial charge in [-0.2, -0.15) is 0 Å². The minimum Gasteiger partial charge on any atom is -0.299 e. The van der Waals surface area contributed by atoms with Crippen molar-refractivity contribution < 1.29 is 14.0 Å². The molecule has 0 aliphatic rings. The molecule has 0 unspecified atom stereocenters. The smallest absolute Gasteiger partial charge is 0.144 e. The summed E-state index contributed by atoms with van der Waals surface area (Å²) < 4.78 is 12.8. The first-order valence-corrected chi connectivity index (χ1v) is 6.90. The Morgan fingerprint density at radius 1 is 0.864 bits per heavy atom. The van der Waals surface area contributed by atoms with Crippen molar-refractivity contribution in [3.05, 3.63) is 71.0 Å². The highest BCUT2D eigenvalue weighted by Crippen LogP contribution is 2.08. The highest BCUT2D eigenvalue weighted by atomic mass is 19.1. The topological polar surface area (TPSA) is 34.1 Å². The lowest BCUT2D eigenvalue weighted by atomic mass is 10.0. The summed E-state index contributed by atoms with van der Waals surface area (Å²) in [5.41, 5.74) is 2.29. The Hall–Kier alpha value is -2.73. The molecule has 0 spiro atoms. The van der Waals surface area contributed by atoms with Crippen LogP contribution in [-0.2, 0) is 22.4 Å². The molecule has 2 nitrogen and oxygen atoms in total. The molecule has 2 aromatic carbocycles. The molecule has 0 aromatic heterocycles. The quantitative estimate of drug-likeness (QED) is 0.606. The van der Waals surface area contributed by atoms with Gasteiger partial charge in [-0.1, -0.05) is 30.2 Å². The highest BCUT2D eigenvalue weighted by Gasteiger charge is 2.11. The highest BCUT2D eigenvalue weighted by molar-refractivity contribution is 6.00. The summed E-state index contributed by atoms with van der Waals surface area (Å²) in [5, 5.41) is 0. The molecule has 2 rings (SSSR count). The molecular formula is C19H15FO2. The molecule has 0 aliphatic heterocycles. The van der Waals surface area contributed by atoms with Crippen molar-refractivity contribution >= 4 is 11.6 Å². The fourth-order valence-corrected chi connectivity index (χ4v) is 2.12. The van der Waals surface area contributed by atoms with E-state index in [0.717, 1.165) is 11.1 Å². The number of hydrogen-bond donors (Lipinski definition) is 0. The molecule has 0 N–H and O–H groups in total. The monoisotopic (exact) mass is 294 g/mol. The number of halogens is 1. The van der Waals surface area contributed by atoms with Gasteiger partial charge in [-0.3, -0.25) is 9.59 Å². The second-order valence-electron chi connectivity index (χ2n) is 5.08. The minimum atomic E-state index is -0.345. The largest absolute Gasteiger partial charge is 0.299 e. The first kappa shape index (κ1) is 15.7. The molecule has 0 fully saturated rings. The van der Waals surface area contributed by atoms with Gasteiger partial charge in [0.25, 0.3) is 0 Å². The molecule has 0 aliphatic carbocycles. The lowest BCUT2D eigenvalue weighted by molar-refractivity contribution is -0.126. The van der Waals surface area contributed by atoms with Crippen molar-refractivity contribution in [3.63, 3.8) is 0 Å². The van der Waals surface area contributed by atoms with Crippen LogP contribution in [0.25, 0.3) is 0 Å². The fraction of sp³-hybridized carbons (Fsp3) is 0.158. The van der Waals surface area contributed by atoms with Gasteiger partial charge in [0.05, 0.1) is 6.42 Å². The predicted molar refractivity (Wildman–Crippen MR) is 82.8 cm³/mol. The van der Waals surface area contributed by atoms with E-state index in [9.17, 15) is 14.0 Å². The number of terminal acetylenes is 1. The molecule has 0 bridgehead atoms. The second-order valence-corrected chi connectivity index (χ2v) is 5.08. The van der Waals surface area contributed by atoms with E-state index in [0.29, 0.717) is 5.56 Å². The van der Waals surface area contributed by atoms with Crippen LogP contribution in [0.1, 0.15) is 23.1 Å². The van der Waals surface area contributed by atoms with Crippen LogP contribution in [0.3, 0.4) is 0 Å². The molecule has 0 atom stereocenters. The fourth-order valence-electron chi connectivity index (χ4n) is 2.12. The summed E-state index contributed by atoms with van der Waals surface area (Å²) in [5.74, 6) is 1.85. The van der Waals surface area contributed by atoms with Crippen molar-refractivity contribution in [2.24, 2.45) is 0 Å². The van der Waals surface area contributed by atoms with Gasteiger partial charge in [-0.15, -0.1) is 6.42 Å². The average Bonchev–Trinajstić information content (AvgIpc) is 2.50. The number of benzene rings is 2. The Balaban J connectivity index is 1.86. The van der Waals surface area contributed by atoms with Crippen LogP contribution in [0.15, 0.2) is 48.5 Å². The van der Waals surface area contributed by atoms with Gasteiger partial charge in [0.2, 0.25) is 0 Å². The van der Waals surface area contributed by atoms with Gasteiger partial charge in [-0.25, -0.2) is 4.39 Å². The van der Waals surface area contributed by atoms with E-state index in [1.807, 2.05) is 0 Å². The summed E-state index contributed by atoms with van der Waals surface area (Å²) in [6, 6.07) is 12.8. The maximum atomic E-state index is 12.8. The van der Waals surface area contributed by atoms with Crippen LogP contribution < -0.4 is 0 Å². The number of Topliss-reactive ketones (excluding diaryl/α,β-unsaturated/α-hetero) is 2. The van der Waals surface area contributed by atoms with E-state index in [1.165, 1.54) is 12.1 Å². The van der Waals surface area contributed by atoms with Gasteiger partial charge in [0.1, 0.15) is 17.4 Å². The van der Waals surface area contributed by atoms with Crippen LogP contribution in [-0.4, -0.2) is 11.6 Å². The average molecular weight is 294 g/mol. The summed E-state index contributed by atoms with van der Waals surface area (Å²) in [7, 11) is 0. The standard InChI is InChI=1S/C19H15FO2/c1-2-14-3-5-15(6-4-14)11-18(21)13-19(22)12-16-7-9-17(20)10-8-16/h1,3-10H,11-13H2. The third-order valence-electron chi connectivity index (χ3n) is 3.23. The zero-order valence-electron chi connectivity index (χ0n) is 12.0. The summed E-state index contributed by atoms with van der Waals surface area (Å²) in [6.07, 6.45) is 5.50. The molecule has 0 radical (unpaired) electrons. The van der Waals surface area contributed by atoms with Gasteiger partial charge in [0.15, 0.2) is 0 Å². The maximum Gasteiger partial charge on any atom is 0.144 e. The predicted octanol–water partition coefficient (Wildman–Crippen LogP) is 3.12. The normalized spacial score (nSPS) is 10.0. The molecule has 22 heavy (non-hydrogen) atoms. The van der Waals surface area contributed by atoms with Gasteiger partial charge < -0.3 is 0 Å². The Kier molecular flexibility index (Phi) is 5.21. The van der Waals surface area contributed by atoms with Crippen molar-refractivity contribution in [1.82, 2.24) is 0 Å². The summed E-state index contributed by atoms with van der Waals surface area (Å²) in [6.45, 7) is 0. The molecule has 110 valence electrons. The van der Waals surface area contributed by atoms with E-state index in [-0.39, 0.29) is 36.6 Å². The zero-order chi connectivity index (χ0) is 15.9. The molecule has 0 amide bonds. The molecule has 2 aromatic rings. The van der Waals surface area contributed by atoms with Gasteiger partial charge >= 0.3 is 0 Å². The Labute approximate surface area is 129 Å². The van der Waals surface area contributed by atoms with Crippen LogP contribution in [0.5, 0.6) is 0 Å². The van der Waals surface area contributed by atoms with Gasteiger partial charge in [0, 0.05) is 18.4 Å². The number of hydrogen-bond acceptors (Lipinski definition) is 2. The van der Waals surface area contributed by atoms with Gasteiger partial charge in [-0.05, 0) is 35.4 Å². The minimum absolute atomic E-state index is 0.117. The lowest BCUT2D eigenvalue weighted by Gasteiger charge is -2.03. The molecular weight excluding hydrogens is 279 g/mol. The van der Waals surface area contributed by atoms with E-state index in [4.69, 9.17) is 6.42 Å². The molecule has 3 heteroatoms. The van der Waals surface area contributed by atoms with Crippen LogP contribution >= 0.6 is 0 Å². The van der Waals surface area contributed by atoms with Crippen molar-refractivity contribution in [2.75, 3.05) is 0 Å². The molecule has 0 heterocycles. The van der Waals surface area contributed by atoms with Crippen molar-refractivity contribution in [2.45, 2.75) is 19.3 Å². The number of ketones is 2. The van der Waals surface area contributed by atoms with E-state index >= 15 is 0 Å². The second kappa shape index (κ2) is 7.33. The SMILES string of the molecule is C#Cc1ccc(CC(=O)CC(=O)Cc2ccc(F)cc2)cc1. The Bertz CT molecular complexity index is 707. The molecule has 0 saturated heterocycles. The summed E-state index contributed by atoms with van der Waals surface area (Å²) in [4.78, 5) is 23.8. The Morgan fingerprint density at radius 2 is 1.32 bits per heavy atom. The van der Waals surface area contributed by atoms with E-state index < -0.39 is 0 Å². The lowest BCUT2D eigenvalue weighted by Crippen LogP contribution is -2.12. The first-order valence-electron chi connectivity index (χ1n) is 6.90. The third-order valence-corrected chi connectivity index (χ3v) is 3.23. The summed E-state index contributed by atoms with van der Waals surface area (Å²) >= 11 is 0. The van der Waals surface area contributed by atoms with E-state index in [2.05, 4.69) is 5.92 Å². The third kappa shape index (κ3) is 4.68. The van der Waals surface area contributed by atoms with Crippen molar-refractivity contribution in [1.29, 1.82) is 0 Å². The van der Waals surface area contributed by atoms with Crippen molar-refractivity contribution in [3.8, 4) is 12.3 Å². The maximum absolute atomic E-state index is 12.8. The number of carbonyl (C=O) groups excluding carboxylic acids is 2. The van der Waals surface area contributed by atoms with Crippen LogP contribution in [0.2, 0.25) is 0 Å². The Morgan fingerprint density at radius 3 is 1.77 bits per heavy atom. The van der Waals surface area contributed by atoms with Crippen LogP contribution in [0, 0.1) is 18.2 Å². The molecule has 0 saturated carbocycles. The zero-order valence-corrected chi connectivity index (χ0v) is 12.0. The van der Waals surface area contributed by atoms with Crippen LogP contribution in [0.4, 0.5) is 4.39 Å². The first-order chi connectivity index (χ1) is 10.6. The number of carbonyl (C=O) groups is 2. The van der Waals surface area contributed by atoms with E-state index in [1.54, 1.807) is 36.4 Å².